The van der Waals surface area contributed by atoms with Gasteiger partial charge in [0.1, 0.15) is 0 Å². The number of benzene rings is 1. The van der Waals surface area contributed by atoms with E-state index in [2.05, 4.69) is 37.0 Å². The predicted molar refractivity (Wildman–Crippen MR) is 63.7 cm³/mol. The van der Waals surface area contributed by atoms with E-state index in [1.165, 1.54) is 11.1 Å². The quantitative estimate of drug-likeness (QED) is 0.631. The van der Waals surface area contributed by atoms with Crippen LogP contribution in [-0.4, -0.2) is 6.21 Å². The lowest BCUT2D eigenvalue weighted by atomic mass is 10.00. The summed E-state index contributed by atoms with van der Waals surface area (Å²) in [6.07, 6.45) is 2.99. The zero-order chi connectivity index (χ0) is 10.6. The molecule has 0 bridgehead atoms. The minimum Gasteiger partial charge on any atom is -0.261 e. The van der Waals surface area contributed by atoms with Gasteiger partial charge < -0.3 is 0 Å². The van der Waals surface area contributed by atoms with Crippen LogP contribution in [0.15, 0.2) is 23.2 Å². The molecule has 0 unspecified atom stereocenters. The van der Waals surface area contributed by atoms with E-state index in [1.54, 1.807) is 0 Å². The number of nitrogens with zero attached hydrogens (tertiary/aromatic N) is 1. The predicted octanol–water partition coefficient (Wildman–Crippen LogP) is 4.09. The molecule has 0 aliphatic carbocycles. The average Bonchev–Trinajstić information content (AvgIpc) is 2.67. The van der Waals surface area contributed by atoms with Gasteiger partial charge in [-0.1, -0.05) is 39.8 Å². The van der Waals surface area contributed by atoms with Crippen molar-refractivity contribution in [2.75, 3.05) is 0 Å². The molecular formula is C13H19N. The molecule has 0 saturated heterocycles. The molecule has 0 atom stereocenters. The summed E-state index contributed by atoms with van der Waals surface area (Å²) in [7, 11) is 0. The van der Waals surface area contributed by atoms with E-state index < -0.39 is 0 Å². The molecule has 0 saturated carbocycles. The molecule has 0 N–H and O–H groups in total. The third kappa shape index (κ3) is 2.22. The summed E-state index contributed by atoms with van der Waals surface area (Å²) in [5, 5.41) is 0. The van der Waals surface area contributed by atoms with Gasteiger partial charge in [-0.2, -0.15) is 0 Å². The lowest BCUT2D eigenvalue weighted by molar-refractivity contribution is 0.865. The summed E-state index contributed by atoms with van der Waals surface area (Å²) >= 11 is 0. The zero-order valence-corrected chi connectivity index (χ0v) is 9.54. The maximum absolute atomic E-state index is 4.27. The smallest absolute Gasteiger partial charge is 0.0661 e. The van der Waals surface area contributed by atoms with Crippen LogP contribution in [0.1, 0.15) is 44.7 Å². The molecule has 0 aromatic heterocycles. The first-order chi connectivity index (χ1) is 6.77. The standard InChI is InChI=1S/C11H13N.C2H6/c1-8(2)9-3-4-11-10(7-9)5-6-12-11;1-2/h3-4,6-8H,5H2,1-2H3;1-2H3. The summed E-state index contributed by atoms with van der Waals surface area (Å²) in [6, 6.07) is 6.56. The molecule has 1 aliphatic rings. The van der Waals surface area contributed by atoms with Crippen LogP contribution < -0.4 is 0 Å². The summed E-state index contributed by atoms with van der Waals surface area (Å²) in [5.41, 5.74) is 3.94. The van der Waals surface area contributed by atoms with Crippen molar-refractivity contribution in [1.29, 1.82) is 0 Å². The SMILES string of the molecule is CC.CC(C)c1ccc2c(c1)CC=N2. The number of rotatable bonds is 1. The van der Waals surface area contributed by atoms with Crippen LogP contribution in [0.4, 0.5) is 5.69 Å². The molecule has 0 amide bonds. The highest BCUT2D eigenvalue weighted by molar-refractivity contribution is 5.75. The lowest BCUT2D eigenvalue weighted by Crippen LogP contribution is -1.88. The molecule has 1 nitrogen and oxygen atoms in total. The van der Waals surface area contributed by atoms with Gasteiger partial charge in [0.2, 0.25) is 0 Å². The van der Waals surface area contributed by atoms with Crippen molar-refractivity contribution < 1.29 is 0 Å². The van der Waals surface area contributed by atoms with Gasteiger partial charge in [-0.25, -0.2) is 0 Å². The van der Waals surface area contributed by atoms with E-state index >= 15 is 0 Å². The summed E-state index contributed by atoms with van der Waals surface area (Å²) in [4.78, 5) is 4.27. The first-order valence-electron chi connectivity index (χ1n) is 5.43. The van der Waals surface area contributed by atoms with Gasteiger partial charge in [0.15, 0.2) is 0 Å². The lowest BCUT2D eigenvalue weighted by Gasteiger charge is -2.06. The fourth-order valence-electron chi connectivity index (χ4n) is 1.50. The van der Waals surface area contributed by atoms with E-state index in [4.69, 9.17) is 0 Å². The summed E-state index contributed by atoms with van der Waals surface area (Å²) < 4.78 is 0. The van der Waals surface area contributed by atoms with E-state index in [9.17, 15) is 0 Å². The van der Waals surface area contributed by atoms with Crippen molar-refractivity contribution in [1.82, 2.24) is 0 Å². The maximum atomic E-state index is 4.27. The minimum absolute atomic E-state index is 0.621. The molecule has 1 aromatic rings. The monoisotopic (exact) mass is 189 g/mol. The van der Waals surface area contributed by atoms with Gasteiger partial charge in [0.05, 0.1) is 5.69 Å². The molecule has 0 radical (unpaired) electrons. The highest BCUT2D eigenvalue weighted by Crippen LogP contribution is 2.27. The second kappa shape index (κ2) is 4.94. The molecule has 0 spiro atoms. The fraction of sp³-hybridized carbons (Fsp3) is 0.462. The van der Waals surface area contributed by atoms with Crippen molar-refractivity contribution in [2.24, 2.45) is 4.99 Å². The largest absolute Gasteiger partial charge is 0.261 e. The zero-order valence-electron chi connectivity index (χ0n) is 9.54. The molecule has 0 fully saturated rings. The highest BCUT2D eigenvalue weighted by atomic mass is 14.7. The Morgan fingerprint density at radius 3 is 2.57 bits per heavy atom. The van der Waals surface area contributed by atoms with Gasteiger partial charge in [-0.15, -0.1) is 0 Å². The Kier molecular flexibility index (Phi) is 3.87. The number of aliphatic imine (C=N–C) groups is 1. The van der Waals surface area contributed by atoms with Crippen LogP contribution in [-0.2, 0) is 6.42 Å². The Labute approximate surface area is 86.9 Å². The number of hydrogen-bond acceptors (Lipinski definition) is 1. The van der Waals surface area contributed by atoms with E-state index in [1.807, 2.05) is 20.1 Å². The molecule has 76 valence electrons. The van der Waals surface area contributed by atoms with Crippen molar-refractivity contribution >= 4 is 11.9 Å². The van der Waals surface area contributed by atoms with Gasteiger partial charge >= 0.3 is 0 Å². The molecule has 14 heavy (non-hydrogen) atoms. The van der Waals surface area contributed by atoms with E-state index in [0.29, 0.717) is 5.92 Å². The molecule has 1 heteroatoms. The first-order valence-corrected chi connectivity index (χ1v) is 5.43. The third-order valence-corrected chi connectivity index (χ3v) is 2.31. The molecule has 1 aliphatic heterocycles. The average molecular weight is 189 g/mol. The van der Waals surface area contributed by atoms with Gasteiger partial charge in [-0.3, -0.25) is 4.99 Å². The molecule has 2 rings (SSSR count). The summed E-state index contributed by atoms with van der Waals surface area (Å²) in [6.45, 7) is 8.44. The summed E-state index contributed by atoms with van der Waals surface area (Å²) in [5.74, 6) is 0.621. The normalized spacial score (nSPS) is 12.4. The van der Waals surface area contributed by atoms with Crippen LogP contribution in [0.5, 0.6) is 0 Å². The molecule has 1 aromatic carbocycles. The topological polar surface area (TPSA) is 12.4 Å². The van der Waals surface area contributed by atoms with Crippen LogP contribution in [0.25, 0.3) is 0 Å². The third-order valence-electron chi connectivity index (χ3n) is 2.31. The Morgan fingerprint density at radius 1 is 1.21 bits per heavy atom. The number of fused-ring (bicyclic) bond motifs is 1. The second-order valence-corrected chi connectivity index (χ2v) is 3.56. The van der Waals surface area contributed by atoms with E-state index in [0.717, 1.165) is 12.1 Å². The fourth-order valence-corrected chi connectivity index (χ4v) is 1.50. The minimum atomic E-state index is 0.621. The van der Waals surface area contributed by atoms with Crippen LogP contribution in [0, 0.1) is 0 Å². The molecular weight excluding hydrogens is 170 g/mol. The van der Waals surface area contributed by atoms with Crippen molar-refractivity contribution in [3.8, 4) is 0 Å². The van der Waals surface area contributed by atoms with E-state index in [-0.39, 0.29) is 0 Å². The van der Waals surface area contributed by atoms with Crippen molar-refractivity contribution in [2.45, 2.75) is 40.0 Å². The Morgan fingerprint density at radius 2 is 1.93 bits per heavy atom. The Balaban J connectivity index is 0.000000461. The van der Waals surface area contributed by atoms with Gasteiger partial charge in [0.25, 0.3) is 0 Å². The second-order valence-electron chi connectivity index (χ2n) is 3.56. The van der Waals surface area contributed by atoms with Crippen molar-refractivity contribution in [3.05, 3.63) is 29.3 Å². The van der Waals surface area contributed by atoms with Crippen LogP contribution in [0.2, 0.25) is 0 Å². The van der Waals surface area contributed by atoms with Crippen LogP contribution in [0.3, 0.4) is 0 Å². The van der Waals surface area contributed by atoms with Crippen LogP contribution >= 0.6 is 0 Å². The molecule has 1 heterocycles. The Hall–Kier alpha value is -1.11. The van der Waals surface area contributed by atoms with Crippen molar-refractivity contribution in [3.63, 3.8) is 0 Å². The first kappa shape index (κ1) is 11.0. The highest BCUT2D eigenvalue weighted by Gasteiger charge is 2.07. The van der Waals surface area contributed by atoms with Gasteiger partial charge in [0, 0.05) is 12.6 Å². The Bertz CT molecular complexity index is 324. The number of hydrogen-bond donors (Lipinski definition) is 0. The maximum Gasteiger partial charge on any atom is 0.0661 e. The van der Waals surface area contributed by atoms with Gasteiger partial charge in [-0.05, 0) is 23.1 Å².